The summed E-state index contributed by atoms with van der Waals surface area (Å²) in [5, 5.41) is 5.40. The molecule has 2 N–H and O–H groups in total. The molecule has 0 aliphatic carbocycles. The van der Waals surface area contributed by atoms with Crippen molar-refractivity contribution in [2.75, 3.05) is 33.8 Å². The second-order valence-corrected chi connectivity index (χ2v) is 5.41. The monoisotopic (exact) mass is 374 g/mol. The zero-order chi connectivity index (χ0) is 19.8. The van der Waals surface area contributed by atoms with E-state index in [4.69, 9.17) is 14.2 Å². The zero-order valence-electron chi connectivity index (χ0n) is 15.6. The fraction of sp³-hybridized carbons (Fsp3) is 0.263. The van der Waals surface area contributed by atoms with Crippen molar-refractivity contribution in [3.05, 3.63) is 47.5 Å². The van der Waals surface area contributed by atoms with E-state index in [1.807, 2.05) is 0 Å². The molecule has 8 nitrogen and oxygen atoms in total. The number of nitrogens with one attached hydrogen (secondary N) is 2. The van der Waals surface area contributed by atoms with Crippen molar-refractivity contribution >= 4 is 17.7 Å². The lowest BCUT2D eigenvalue weighted by atomic mass is 10.2. The fourth-order valence-electron chi connectivity index (χ4n) is 2.44. The van der Waals surface area contributed by atoms with Gasteiger partial charge in [0.05, 0.1) is 34.0 Å². The number of hydrogen-bond donors (Lipinski definition) is 2. The van der Waals surface area contributed by atoms with Crippen molar-refractivity contribution < 1.29 is 28.5 Å². The van der Waals surface area contributed by atoms with Crippen LogP contribution in [0.3, 0.4) is 0 Å². The summed E-state index contributed by atoms with van der Waals surface area (Å²) >= 11 is 0. The van der Waals surface area contributed by atoms with E-state index in [9.17, 15) is 9.59 Å². The van der Waals surface area contributed by atoms with Gasteiger partial charge in [-0.2, -0.15) is 0 Å². The quantitative estimate of drug-likeness (QED) is 0.724. The third-order valence-corrected chi connectivity index (χ3v) is 3.72. The summed E-state index contributed by atoms with van der Waals surface area (Å²) in [7, 11) is 5.87. The molecule has 0 aliphatic heterocycles. The van der Waals surface area contributed by atoms with Gasteiger partial charge < -0.3 is 29.6 Å². The van der Waals surface area contributed by atoms with Crippen LogP contribution >= 0.6 is 0 Å². The van der Waals surface area contributed by atoms with Gasteiger partial charge in [0.2, 0.25) is 5.75 Å². The number of ether oxygens (including phenoxy) is 4. The average Bonchev–Trinajstić information content (AvgIpc) is 2.70. The number of carbonyl (C=O) groups is 2. The summed E-state index contributed by atoms with van der Waals surface area (Å²) in [5.41, 5.74) is 1.59. The lowest BCUT2D eigenvalue weighted by Gasteiger charge is -2.14. The third kappa shape index (κ3) is 5.04. The van der Waals surface area contributed by atoms with Gasteiger partial charge in [0.1, 0.15) is 0 Å². The molecule has 0 aliphatic rings. The Morgan fingerprint density at radius 2 is 1.59 bits per heavy atom. The molecule has 0 fully saturated rings. The van der Waals surface area contributed by atoms with Crippen molar-refractivity contribution in [2.45, 2.75) is 6.54 Å². The maximum Gasteiger partial charge on any atom is 0.337 e. The van der Waals surface area contributed by atoms with E-state index in [0.29, 0.717) is 28.5 Å². The SMILES string of the molecule is COC(=O)c1cccc(NC(=O)NCc2cc(OC)c(OC)c(OC)c2)c1. The van der Waals surface area contributed by atoms with Gasteiger partial charge in [0.15, 0.2) is 11.5 Å². The molecular formula is C19H22N2O6. The summed E-state index contributed by atoms with van der Waals surface area (Å²) in [6, 6.07) is 9.53. The highest BCUT2D eigenvalue weighted by Crippen LogP contribution is 2.38. The normalized spacial score (nSPS) is 9.93. The van der Waals surface area contributed by atoms with Gasteiger partial charge in [0, 0.05) is 12.2 Å². The van der Waals surface area contributed by atoms with Crippen molar-refractivity contribution in [2.24, 2.45) is 0 Å². The number of benzene rings is 2. The van der Waals surface area contributed by atoms with Crippen LogP contribution in [0.5, 0.6) is 17.2 Å². The number of carbonyl (C=O) groups excluding carboxylic acids is 2. The number of anilines is 1. The van der Waals surface area contributed by atoms with Crippen LogP contribution in [0.2, 0.25) is 0 Å². The first-order valence-corrected chi connectivity index (χ1v) is 8.04. The number of methoxy groups -OCH3 is 4. The summed E-state index contributed by atoms with van der Waals surface area (Å²) in [4.78, 5) is 23.7. The summed E-state index contributed by atoms with van der Waals surface area (Å²) in [6.07, 6.45) is 0. The number of rotatable bonds is 7. The third-order valence-electron chi connectivity index (χ3n) is 3.72. The van der Waals surface area contributed by atoms with Crippen LogP contribution in [0.25, 0.3) is 0 Å². The van der Waals surface area contributed by atoms with Gasteiger partial charge in [-0.1, -0.05) is 6.07 Å². The molecule has 0 saturated heterocycles. The van der Waals surface area contributed by atoms with E-state index in [2.05, 4.69) is 15.4 Å². The Hall–Kier alpha value is -3.42. The molecule has 2 aromatic carbocycles. The molecule has 0 bridgehead atoms. The Balaban J connectivity index is 2.04. The Kier molecular flexibility index (Phi) is 6.87. The minimum absolute atomic E-state index is 0.235. The van der Waals surface area contributed by atoms with Crippen LogP contribution in [0.15, 0.2) is 36.4 Å². The Morgan fingerprint density at radius 3 is 2.15 bits per heavy atom. The highest BCUT2D eigenvalue weighted by atomic mass is 16.5. The number of esters is 1. The molecule has 0 saturated carbocycles. The molecular weight excluding hydrogens is 352 g/mol. The molecule has 144 valence electrons. The lowest BCUT2D eigenvalue weighted by Crippen LogP contribution is -2.28. The van der Waals surface area contributed by atoms with Crippen molar-refractivity contribution in [1.29, 1.82) is 0 Å². The van der Waals surface area contributed by atoms with E-state index >= 15 is 0 Å². The first-order chi connectivity index (χ1) is 13.0. The smallest absolute Gasteiger partial charge is 0.337 e. The molecule has 0 heterocycles. The van der Waals surface area contributed by atoms with Crippen molar-refractivity contribution in [3.8, 4) is 17.2 Å². The van der Waals surface area contributed by atoms with E-state index in [-0.39, 0.29) is 6.54 Å². The van der Waals surface area contributed by atoms with Gasteiger partial charge in [-0.15, -0.1) is 0 Å². The Labute approximate surface area is 157 Å². The second-order valence-electron chi connectivity index (χ2n) is 5.41. The molecule has 2 amide bonds. The first kappa shape index (κ1) is 19.9. The topological polar surface area (TPSA) is 95.1 Å². The number of hydrogen-bond acceptors (Lipinski definition) is 6. The number of amides is 2. The van der Waals surface area contributed by atoms with Crippen LogP contribution < -0.4 is 24.8 Å². The molecule has 0 aromatic heterocycles. The first-order valence-electron chi connectivity index (χ1n) is 8.04. The molecule has 8 heteroatoms. The van der Waals surface area contributed by atoms with Crippen molar-refractivity contribution in [3.63, 3.8) is 0 Å². The molecule has 0 spiro atoms. The lowest BCUT2D eigenvalue weighted by molar-refractivity contribution is 0.0600. The van der Waals surface area contributed by atoms with Crippen molar-refractivity contribution in [1.82, 2.24) is 5.32 Å². The van der Waals surface area contributed by atoms with Crippen LogP contribution in [0, 0.1) is 0 Å². The van der Waals surface area contributed by atoms with Crippen LogP contribution in [0.1, 0.15) is 15.9 Å². The van der Waals surface area contributed by atoms with E-state index in [1.54, 1.807) is 30.3 Å². The molecule has 0 atom stereocenters. The number of urea groups is 1. The molecule has 2 rings (SSSR count). The minimum Gasteiger partial charge on any atom is -0.493 e. The van der Waals surface area contributed by atoms with Gasteiger partial charge in [-0.25, -0.2) is 9.59 Å². The van der Waals surface area contributed by atoms with E-state index < -0.39 is 12.0 Å². The van der Waals surface area contributed by atoms with Gasteiger partial charge in [0.25, 0.3) is 0 Å². The van der Waals surface area contributed by atoms with Crippen LogP contribution in [-0.2, 0) is 11.3 Å². The average molecular weight is 374 g/mol. The Morgan fingerprint density at radius 1 is 0.926 bits per heavy atom. The highest BCUT2D eigenvalue weighted by molar-refractivity contribution is 5.93. The van der Waals surface area contributed by atoms with Gasteiger partial charge in [-0.3, -0.25) is 0 Å². The van der Waals surface area contributed by atoms with E-state index in [1.165, 1.54) is 34.5 Å². The highest BCUT2D eigenvalue weighted by Gasteiger charge is 2.14. The molecule has 0 unspecified atom stereocenters. The van der Waals surface area contributed by atoms with Gasteiger partial charge >= 0.3 is 12.0 Å². The largest absolute Gasteiger partial charge is 0.493 e. The fourth-order valence-corrected chi connectivity index (χ4v) is 2.44. The standard InChI is InChI=1S/C19H22N2O6/c1-24-15-8-12(9-16(25-2)17(15)26-3)11-20-19(23)21-14-7-5-6-13(10-14)18(22)27-4/h5-10H,11H2,1-4H3,(H2,20,21,23). The minimum atomic E-state index is -0.475. The Bertz CT molecular complexity index is 797. The molecule has 27 heavy (non-hydrogen) atoms. The predicted molar refractivity (Wildman–Crippen MR) is 99.7 cm³/mol. The van der Waals surface area contributed by atoms with Gasteiger partial charge in [-0.05, 0) is 35.9 Å². The molecule has 0 radical (unpaired) electrons. The zero-order valence-corrected chi connectivity index (χ0v) is 15.6. The van der Waals surface area contributed by atoms with Crippen LogP contribution in [-0.4, -0.2) is 40.4 Å². The molecule has 2 aromatic rings. The summed E-state index contributed by atoms with van der Waals surface area (Å²) < 4.78 is 20.5. The summed E-state index contributed by atoms with van der Waals surface area (Å²) in [5.74, 6) is 1.00. The predicted octanol–water partition coefficient (Wildman–Crippen LogP) is 2.82. The van der Waals surface area contributed by atoms with E-state index in [0.717, 1.165) is 5.56 Å². The van der Waals surface area contributed by atoms with Crippen LogP contribution in [0.4, 0.5) is 10.5 Å². The maximum absolute atomic E-state index is 12.1. The summed E-state index contributed by atoms with van der Waals surface area (Å²) in [6.45, 7) is 0.235. The second kappa shape index (κ2) is 9.33. The maximum atomic E-state index is 12.1.